The number of hydrogen-bond donors (Lipinski definition) is 1. The molecular formula is C9H12ClNOS. The minimum Gasteiger partial charge on any atom is -0.276 e. The van der Waals surface area contributed by atoms with E-state index in [-0.39, 0.29) is 5.56 Å². The lowest BCUT2D eigenvalue weighted by molar-refractivity contribution is 0.442. The molecule has 2 nitrogen and oxygen atoms in total. The second-order valence-corrected chi connectivity index (χ2v) is 4.97. The van der Waals surface area contributed by atoms with Gasteiger partial charge in [0.05, 0.1) is 5.56 Å². The van der Waals surface area contributed by atoms with Gasteiger partial charge in [-0.1, -0.05) is 30.9 Å². The van der Waals surface area contributed by atoms with Gasteiger partial charge in [0, 0.05) is 0 Å². The van der Waals surface area contributed by atoms with Crippen molar-refractivity contribution in [3.05, 3.63) is 20.3 Å². The van der Waals surface area contributed by atoms with Crippen LogP contribution in [0.15, 0.2) is 4.79 Å². The third kappa shape index (κ3) is 1.81. The summed E-state index contributed by atoms with van der Waals surface area (Å²) in [4.78, 5) is 11.4. The Hall–Kier alpha value is -0.280. The smallest absolute Gasteiger partial charge is 0.263 e. The summed E-state index contributed by atoms with van der Waals surface area (Å²) in [5.74, 6) is 0.413. The van der Waals surface area contributed by atoms with Gasteiger partial charge in [0.25, 0.3) is 5.56 Å². The molecule has 2 rings (SSSR count). The Balaban J connectivity index is 2.27. The fourth-order valence-corrected chi connectivity index (χ4v) is 3.04. The number of hydrogen-bond acceptors (Lipinski definition) is 2. The van der Waals surface area contributed by atoms with Crippen LogP contribution in [0.25, 0.3) is 0 Å². The van der Waals surface area contributed by atoms with Gasteiger partial charge in [0.2, 0.25) is 0 Å². The molecule has 0 atom stereocenters. The molecule has 4 heteroatoms. The molecule has 13 heavy (non-hydrogen) atoms. The molecule has 1 aliphatic carbocycles. The summed E-state index contributed by atoms with van der Waals surface area (Å²) in [5.41, 5.74) is 0.869. The molecule has 1 aliphatic rings. The first-order chi connectivity index (χ1) is 6.29. The predicted molar refractivity (Wildman–Crippen MR) is 55.8 cm³/mol. The van der Waals surface area contributed by atoms with Crippen LogP contribution in [0, 0.1) is 0 Å². The molecular weight excluding hydrogens is 206 g/mol. The highest BCUT2D eigenvalue weighted by Crippen LogP contribution is 2.35. The van der Waals surface area contributed by atoms with Crippen molar-refractivity contribution in [3.63, 3.8) is 0 Å². The molecule has 0 bridgehead atoms. The average Bonchev–Trinajstić information content (AvgIpc) is 2.48. The standard InChI is InChI=1S/C9H12ClNOS/c10-8-7(9(12)11-13-8)6-4-2-1-3-5-6/h6H,1-5H2,(H,11,12). The van der Waals surface area contributed by atoms with Crippen LogP contribution < -0.4 is 5.56 Å². The van der Waals surface area contributed by atoms with Crippen molar-refractivity contribution in [3.8, 4) is 0 Å². The Morgan fingerprint density at radius 3 is 2.54 bits per heavy atom. The number of nitrogens with one attached hydrogen (secondary N) is 1. The zero-order valence-electron chi connectivity index (χ0n) is 7.31. The third-order valence-corrected chi connectivity index (χ3v) is 3.82. The highest BCUT2D eigenvalue weighted by molar-refractivity contribution is 7.10. The van der Waals surface area contributed by atoms with E-state index in [1.807, 2.05) is 0 Å². The van der Waals surface area contributed by atoms with Crippen LogP contribution in [-0.4, -0.2) is 4.37 Å². The minimum absolute atomic E-state index is 0.0295. The molecule has 1 aromatic heterocycles. The normalized spacial score (nSPS) is 19.2. The Morgan fingerprint density at radius 1 is 1.31 bits per heavy atom. The zero-order valence-corrected chi connectivity index (χ0v) is 8.88. The summed E-state index contributed by atoms with van der Waals surface area (Å²) in [6.45, 7) is 0. The largest absolute Gasteiger partial charge is 0.276 e. The summed E-state index contributed by atoms with van der Waals surface area (Å²) < 4.78 is 3.35. The SMILES string of the molecule is O=c1[nH]sc(Cl)c1C1CCCCC1. The van der Waals surface area contributed by atoms with Crippen LogP contribution in [0.1, 0.15) is 43.6 Å². The van der Waals surface area contributed by atoms with Crippen LogP contribution in [-0.2, 0) is 0 Å². The Labute approximate surface area is 86.1 Å². The molecule has 1 saturated carbocycles. The lowest BCUT2D eigenvalue weighted by atomic mass is 9.85. The molecule has 0 unspecified atom stereocenters. The lowest BCUT2D eigenvalue weighted by Crippen LogP contribution is -2.13. The summed E-state index contributed by atoms with van der Waals surface area (Å²) in [7, 11) is 0. The average molecular weight is 218 g/mol. The number of H-pyrrole nitrogens is 1. The van der Waals surface area contributed by atoms with Crippen LogP contribution in [0.3, 0.4) is 0 Å². The highest BCUT2D eigenvalue weighted by Gasteiger charge is 2.22. The van der Waals surface area contributed by atoms with E-state index in [9.17, 15) is 4.79 Å². The predicted octanol–water partition coefficient (Wildman–Crippen LogP) is 3.14. The number of rotatable bonds is 1. The van der Waals surface area contributed by atoms with E-state index in [0.717, 1.165) is 18.4 Å². The molecule has 1 aromatic rings. The Morgan fingerprint density at radius 2 is 2.00 bits per heavy atom. The van der Waals surface area contributed by atoms with Crippen LogP contribution in [0.5, 0.6) is 0 Å². The molecule has 1 N–H and O–H groups in total. The van der Waals surface area contributed by atoms with E-state index < -0.39 is 0 Å². The van der Waals surface area contributed by atoms with Gasteiger partial charge >= 0.3 is 0 Å². The summed E-state index contributed by atoms with van der Waals surface area (Å²) in [5, 5.41) is 0. The first kappa shape index (κ1) is 9.28. The van der Waals surface area contributed by atoms with E-state index in [1.54, 1.807) is 0 Å². The molecule has 1 heterocycles. The molecule has 72 valence electrons. The second-order valence-electron chi connectivity index (χ2n) is 3.56. The van der Waals surface area contributed by atoms with Crippen molar-refractivity contribution in [2.45, 2.75) is 38.0 Å². The van der Waals surface area contributed by atoms with Gasteiger partial charge in [-0.25, -0.2) is 0 Å². The second kappa shape index (κ2) is 3.84. The lowest BCUT2D eigenvalue weighted by Gasteiger charge is -2.19. The number of aromatic nitrogens is 1. The minimum atomic E-state index is 0.0295. The van der Waals surface area contributed by atoms with E-state index in [4.69, 9.17) is 11.6 Å². The van der Waals surface area contributed by atoms with Crippen molar-refractivity contribution in [1.29, 1.82) is 0 Å². The monoisotopic (exact) mass is 217 g/mol. The number of halogens is 1. The van der Waals surface area contributed by atoms with Gasteiger partial charge in [-0.3, -0.25) is 9.17 Å². The summed E-state index contributed by atoms with van der Waals surface area (Å²) >= 11 is 7.22. The van der Waals surface area contributed by atoms with E-state index in [0.29, 0.717) is 10.3 Å². The molecule has 0 aliphatic heterocycles. The van der Waals surface area contributed by atoms with Gasteiger partial charge in [0.15, 0.2) is 0 Å². The topological polar surface area (TPSA) is 32.9 Å². The van der Waals surface area contributed by atoms with Crippen molar-refractivity contribution in [1.82, 2.24) is 4.37 Å². The van der Waals surface area contributed by atoms with Crippen LogP contribution >= 0.6 is 23.1 Å². The maximum atomic E-state index is 11.4. The van der Waals surface area contributed by atoms with Crippen LogP contribution in [0.2, 0.25) is 4.34 Å². The Kier molecular flexibility index (Phi) is 2.74. The first-order valence-electron chi connectivity index (χ1n) is 4.66. The highest BCUT2D eigenvalue weighted by atomic mass is 35.5. The molecule has 0 spiro atoms. The summed E-state index contributed by atoms with van der Waals surface area (Å²) in [6, 6.07) is 0. The third-order valence-electron chi connectivity index (χ3n) is 2.70. The molecule has 1 fully saturated rings. The van der Waals surface area contributed by atoms with Crippen molar-refractivity contribution < 1.29 is 0 Å². The number of aromatic amines is 1. The van der Waals surface area contributed by atoms with E-state index in [2.05, 4.69) is 4.37 Å². The maximum Gasteiger partial charge on any atom is 0.263 e. The van der Waals surface area contributed by atoms with Gasteiger partial charge in [-0.2, -0.15) is 0 Å². The fraction of sp³-hybridized carbons (Fsp3) is 0.667. The van der Waals surface area contributed by atoms with Gasteiger partial charge in [0.1, 0.15) is 4.34 Å². The fourth-order valence-electron chi connectivity index (χ4n) is 2.03. The van der Waals surface area contributed by atoms with Crippen molar-refractivity contribution in [2.24, 2.45) is 0 Å². The molecule has 0 aromatic carbocycles. The molecule has 0 saturated heterocycles. The van der Waals surface area contributed by atoms with Crippen molar-refractivity contribution >= 4 is 23.1 Å². The van der Waals surface area contributed by atoms with Crippen LogP contribution in [0.4, 0.5) is 0 Å². The van der Waals surface area contributed by atoms with Gasteiger partial charge < -0.3 is 0 Å². The Bertz CT molecular complexity index is 338. The van der Waals surface area contributed by atoms with Gasteiger partial charge in [-0.05, 0) is 30.3 Å². The molecule has 0 amide bonds. The summed E-state index contributed by atoms with van der Waals surface area (Å²) in [6.07, 6.45) is 6.02. The maximum absolute atomic E-state index is 11.4. The van der Waals surface area contributed by atoms with E-state index >= 15 is 0 Å². The molecule has 0 radical (unpaired) electrons. The first-order valence-corrected chi connectivity index (χ1v) is 5.85. The quantitative estimate of drug-likeness (QED) is 0.770. The van der Waals surface area contributed by atoms with Gasteiger partial charge in [-0.15, -0.1) is 0 Å². The van der Waals surface area contributed by atoms with Crippen molar-refractivity contribution in [2.75, 3.05) is 0 Å². The zero-order chi connectivity index (χ0) is 9.26. The van der Waals surface area contributed by atoms with E-state index in [1.165, 1.54) is 30.8 Å².